The molecule has 2 aromatic carbocycles. The fourth-order valence-electron chi connectivity index (χ4n) is 3.57. The number of aromatic nitrogens is 1. The van der Waals surface area contributed by atoms with Gasteiger partial charge in [0.2, 0.25) is 0 Å². The zero-order chi connectivity index (χ0) is 21.4. The van der Waals surface area contributed by atoms with E-state index in [1.54, 1.807) is 19.1 Å². The van der Waals surface area contributed by atoms with Crippen molar-refractivity contribution >= 4 is 40.0 Å². The van der Waals surface area contributed by atoms with E-state index in [-0.39, 0.29) is 24.3 Å². The first-order chi connectivity index (χ1) is 14.4. The predicted molar refractivity (Wildman–Crippen MR) is 109 cm³/mol. The fraction of sp³-hybridized carbons (Fsp3) is 0.182. The van der Waals surface area contributed by atoms with Gasteiger partial charge in [0.1, 0.15) is 11.6 Å². The Balaban J connectivity index is 1.82. The molecule has 1 amide bonds. The lowest BCUT2D eigenvalue weighted by Crippen LogP contribution is -2.28. The monoisotopic (exact) mass is 430 g/mol. The van der Waals surface area contributed by atoms with E-state index in [4.69, 9.17) is 16.3 Å². The third kappa shape index (κ3) is 3.57. The molecule has 0 saturated carbocycles. The van der Waals surface area contributed by atoms with Gasteiger partial charge in [-0.15, -0.1) is 0 Å². The van der Waals surface area contributed by atoms with Crippen molar-refractivity contribution in [2.75, 3.05) is 13.2 Å². The number of fused-ring (bicyclic) bond motifs is 3. The minimum atomic E-state index is -0.967. The number of amides is 1. The summed E-state index contributed by atoms with van der Waals surface area (Å²) in [5.74, 6) is -3.04. The average Bonchev–Trinajstić information content (AvgIpc) is 2.93. The molecule has 0 bridgehead atoms. The highest BCUT2D eigenvalue weighted by Crippen LogP contribution is 2.33. The molecule has 0 spiro atoms. The number of carbonyl (C=O) groups excluding carboxylic acids is 2. The van der Waals surface area contributed by atoms with Crippen molar-refractivity contribution in [2.45, 2.75) is 13.3 Å². The second kappa shape index (κ2) is 7.91. The first kappa shape index (κ1) is 20.1. The molecule has 1 N–H and O–H groups in total. The maximum atomic E-state index is 14.2. The molecule has 1 aromatic heterocycles. The third-order valence-electron chi connectivity index (χ3n) is 4.94. The summed E-state index contributed by atoms with van der Waals surface area (Å²) in [5.41, 5.74) is 1.99. The Hall–Kier alpha value is -3.19. The molecule has 2 heterocycles. The lowest BCUT2D eigenvalue weighted by Gasteiger charge is -2.18. The number of esters is 1. The van der Waals surface area contributed by atoms with Gasteiger partial charge >= 0.3 is 5.97 Å². The first-order valence-electron chi connectivity index (χ1n) is 9.34. The van der Waals surface area contributed by atoms with E-state index in [0.29, 0.717) is 23.2 Å². The highest BCUT2D eigenvalue weighted by atomic mass is 35.5. The average molecular weight is 431 g/mol. The molecule has 30 heavy (non-hydrogen) atoms. The standard InChI is InChI=1S/C22H17ClF2N2O3/c1-2-30-22(29)17-11-27(21(28)15-5-4-13(24)10-18(15)25)8-7-14-16-9-12(23)3-6-19(16)26-20(14)17/h3-6,9-11,26H,2,7-8H2,1H3. The molecule has 0 aliphatic carbocycles. The maximum absolute atomic E-state index is 14.2. The number of H-pyrrole nitrogens is 1. The molecule has 154 valence electrons. The summed E-state index contributed by atoms with van der Waals surface area (Å²) >= 11 is 6.14. The van der Waals surface area contributed by atoms with E-state index in [9.17, 15) is 18.4 Å². The van der Waals surface area contributed by atoms with Gasteiger partial charge in [-0.2, -0.15) is 0 Å². The minimum absolute atomic E-state index is 0.146. The Morgan fingerprint density at radius 3 is 2.73 bits per heavy atom. The van der Waals surface area contributed by atoms with Crippen LogP contribution in [0.2, 0.25) is 5.02 Å². The van der Waals surface area contributed by atoms with Crippen molar-refractivity contribution in [2.24, 2.45) is 0 Å². The van der Waals surface area contributed by atoms with Crippen LogP contribution in [0.4, 0.5) is 8.78 Å². The van der Waals surface area contributed by atoms with E-state index in [1.807, 2.05) is 6.07 Å². The topological polar surface area (TPSA) is 62.4 Å². The van der Waals surface area contributed by atoms with E-state index in [1.165, 1.54) is 11.1 Å². The van der Waals surface area contributed by atoms with Crippen LogP contribution < -0.4 is 0 Å². The van der Waals surface area contributed by atoms with Crippen molar-refractivity contribution in [3.63, 3.8) is 0 Å². The van der Waals surface area contributed by atoms with Crippen molar-refractivity contribution < 1.29 is 23.1 Å². The number of hydrogen-bond acceptors (Lipinski definition) is 3. The Morgan fingerprint density at radius 2 is 2.00 bits per heavy atom. The van der Waals surface area contributed by atoms with Crippen LogP contribution in [0, 0.1) is 11.6 Å². The Morgan fingerprint density at radius 1 is 1.20 bits per heavy atom. The number of nitrogens with one attached hydrogen (secondary N) is 1. The SMILES string of the molecule is CCOC(=O)C1=CN(C(=O)c2ccc(F)cc2F)CCc2c1[nH]c1ccc(Cl)cc21. The molecule has 8 heteroatoms. The number of benzene rings is 2. The molecule has 5 nitrogen and oxygen atoms in total. The lowest BCUT2D eigenvalue weighted by molar-refractivity contribution is -0.136. The lowest BCUT2D eigenvalue weighted by atomic mass is 10.0. The summed E-state index contributed by atoms with van der Waals surface area (Å²) in [6.45, 7) is 2.01. The molecule has 1 aliphatic rings. The molecule has 1 aliphatic heterocycles. The van der Waals surface area contributed by atoms with Crippen LogP contribution in [0.3, 0.4) is 0 Å². The van der Waals surface area contributed by atoms with Gasteiger partial charge in [-0.3, -0.25) is 4.79 Å². The first-order valence-corrected chi connectivity index (χ1v) is 9.72. The van der Waals surface area contributed by atoms with Crippen LogP contribution >= 0.6 is 11.6 Å². The molecule has 0 atom stereocenters. The normalized spacial score (nSPS) is 13.6. The zero-order valence-corrected chi connectivity index (χ0v) is 16.7. The molecule has 0 saturated heterocycles. The summed E-state index contributed by atoms with van der Waals surface area (Å²) < 4.78 is 32.6. The van der Waals surface area contributed by atoms with E-state index in [2.05, 4.69) is 4.98 Å². The zero-order valence-electron chi connectivity index (χ0n) is 16.0. The molecule has 3 aromatic rings. The van der Waals surface area contributed by atoms with Gasteiger partial charge in [-0.25, -0.2) is 13.6 Å². The minimum Gasteiger partial charge on any atom is -0.462 e. The van der Waals surface area contributed by atoms with E-state index >= 15 is 0 Å². The van der Waals surface area contributed by atoms with Gasteiger partial charge in [0.25, 0.3) is 5.91 Å². The van der Waals surface area contributed by atoms with Crippen LogP contribution in [0.5, 0.6) is 0 Å². The summed E-state index contributed by atoms with van der Waals surface area (Å²) in [4.78, 5) is 30.1. The van der Waals surface area contributed by atoms with Crippen molar-refractivity contribution in [1.29, 1.82) is 0 Å². The van der Waals surface area contributed by atoms with Crippen LogP contribution in [-0.4, -0.2) is 34.9 Å². The summed E-state index contributed by atoms with van der Waals surface area (Å²) in [5, 5.41) is 1.37. The number of ether oxygens (including phenoxy) is 1. The number of carbonyl (C=O) groups is 2. The number of hydrogen-bond donors (Lipinski definition) is 1. The number of halogens is 3. The summed E-state index contributed by atoms with van der Waals surface area (Å²) in [7, 11) is 0. The molecule has 0 radical (unpaired) electrons. The van der Waals surface area contributed by atoms with E-state index < -0.39 is 23.5 Å². The van der Waals surface area contributed by atoms with Crippen molar-refractivity contribution in [3.8, 4) is 0 Å². The largest absolute Gasteiger partial charge is 0.462 e. The quantitative estimate of drug-likeness (QED) is 0.612. The molecular formula is C22H17ClF2N2O3. The van der Waals surface area contributed by atoms with Gasteiger partial charge in [0, 0.05) is 34.7 Å². The highest BCUT2D eigenvalue weighted by molar-refractivity contribution is 6.31. The molecule has 0 unspecified atom stereocenters. The van der Waals surface area contributed by atoms with Crippen molar-refractivity contribution in [1.82, 2.24) is 9.88 Å². The number of nitrogens with zero attached hydrogens (tertiary/aromatic N) is 1. The van der Waals surface area contributed by atoms with Crippen molar-refractivity contribution in [3.05, 3.63) is 76.1 Å². The van der Waals surface area contributed by atoms with Gasteiger partial charge in [-0.1, -0.05) is 11.6 Å². The highest BCUT2D eigenvalue weighted by Gasteiger charge is 2.28. The second-order valence-electron chi connectivity index (χ2n) is 6.80. The van der Waals surface area contributed by atoms with Crippen LogP contribution in [0.25, 0.3) is 16.5 Å². The maximum Gasteiger partial charge on any atom is 0.341 e. The van der Waals surface area contributed by atoms with E-state index in [0.717, 1.165) is 28.6 Å². The van der Waals surface area contributed by atoms with Gasteiger partial charge in [0.05, 0.1) is 23.4 Å². The number of rotatable bonds is 3. The van der Waals surface area contributed by atoms with Crippen LogP contribution in [0.1, 0.15) is 28.5 Å². The van der Waals surface area contributed by atoms with Crippen LogP contribution in [0.15, 0.2) is 42.6 Å². The Bertz CT molecular complexity index is 1200. The molecular weight excluding hydrogens is 414 g/mol. The third-order valence-corrected chi connectivity index (χ3v) is 5.18. The van der Waals surface area contributed by atoms with Gasteiger partial charge < -0.3 is 14.6 Å². The fourth-order valence-corrected chi connectivity index (χ4v) is 3.74. The predicted octanol–water partition coefficient (Wildman–Crippen LogP) is 4.70. The summed E-state index contributed by atoms with van der Waals surface area (Å²) in [6.07, 6.45) is 1.75. The Kier molecular flexibility index (Phi) is 5.30. The molecule has 4 rings (SSSR count). The second-order valence-corrected chi connectivity index (χ2v) is 7.24. The number of aromatic amines is 1. The van der Waals surface area contributed by atoms with Gasteiger partial charge in [0.15, 0.2) is 0 Å². The summed E-state index contributed by atoms with van der Waals surface area (Å²) in [6, 6.07) is 8.09. The van der Waals surface area contributed by atoms with Crippen LogP contribution in [-0.2, 0) is 16.0 Å². The van der Waals surface area contributed by atoms with Gasteiger partial charge in [-0.05, 0) is 49.2 Å². The smallest absolute Gasteiger partial charge is 0.341 e. The molecule has 0 fully saturated rings. The Labute approximate surface area is 175 Å².